The lowest BCUT2D eigenvalue weighted by molar-refractivity contribution is 1.29. The minimum Gasteiger partial charge on any atom is -0.310 e. The Labute approximate surface area is 307 Å². The van der Waals surface area contributed by atoms with Crippen LogP contribution in [0.25, 0.3) is 75.1 Å². The van der Waals surface area contributed by atoms with Gasteiger partial charge in [-0.15, -0.1) is 11.3 Å². The van der Waals surface area contributed by atoms with Crippen molar-refractivity contribution in [1.82, 2.24) is 0 Å². The number of fused-ring (bicyclic) bond motifs is 5. The van der Waals surface area contributed by atoms with Gasteiger partial charge in [-0.3, -0.25) is 0 Å². The monoisotopic (exact) mass is 679 g/mol. The first kappa shape index (κ1) is 30.4. The SMILES string of the molecule is c1ccc(-c2ccccc2N(c2ccc(-c3ccc4ccc(-c5ccc6ccccc6c5)cc4c3)cc2)c2ccc3sc4ccccc4c3c2)cc1. The van der Waals surface area contributed by atoms with Gasteiger partial charge in [0.05, 0.1) is 5.69 Å². The van der Waals surface area contributed by atoms with E-state index in [4.69, 9.17) is 0 Å². The van der Waals surface area contributed by atoms with Gasteiger partial charge in [0.2, 0.25) is 0 Å². The van der Waals surface area contributed by atoms with E-state index >= 15 is 0 Å². The van der Waals surface area contributed by atoms with Crippen molar-refractivity contribution in [2.75, 3.05) is 4.90 Å². The molecule has 0 saturated carbocycles. The molecule has 2 heteroatoms. The van der Waals surface area contributed by atoms with Gasteiger partial charge >= 0.3 is 0 Å². The van der Waals surface area contributed by atoms with E-state index in [2.05, 4.69) is 205 Å². The number of hydrogen-bond donors (Lipinski definition) is 0. The number of rotatable bonds is 6. The molecule has 1 heterocycles. The maximum absolute atomic E-state index is 2.41. The van der Waals surface area contributed by atoms with E-state index < -0.39 is 0 Å². The normalized spacial score (nSPS) is 11.5. The molecule has 0 fully saturated rings. The molecule has 0 aliphatic rings. The minimum atomic E-state index is 1.12. The lowest BCUT2D eigenvalue weighted by Gasteiger charge is -2.28. The number of benzene rings is 9. The van der Waals surface area contributed by atoms with Gasteiger partial charge in [-0.2, -0.15) is 0 Å². The summed E-state index contributed by atoms with van der Waals surface area (Å²) in [4.78, 5) is 2.41. The Morgan fingerprint density at radius 1 is 0.308 bits per heavy atom. The molecule has 0 unspecified atom stereocenters. The van der Waals surface area contributed by atoms with Gasteiger partial charge in [-0.05, 0) is 110 Å². The van der Waals surface area contributed by atoms with Crippen LogP contribution >= 0.6 is 11.3 Å². The van der Waals surface area contributed by atoms with E-state index in [9.17, 15) is 0 Å². The highest BCUT2D eigenvalue weighted by molar-refractivity contribution is 7.25. The number of para-hydroxylation sites is 1. The molecule has 52 heavy (non-hydrogen) atoms. The second-order valence-corrected chi connectivity index (χ2v) is 14.5. The molecule has 1 aromatic heterocycles. The number of anilines is 3. The van der Waals surface area contributed by atoms with Crippen molar-refractivity contribution >= 4 is 70.1 Å². The summed E-state index contributed by atoms with van der Waals surface area (Å²) >= 11 is 1.86. The van der Waals surface area contributed by atoms with Crippen molar-refractivity contribution in [2.24, 2.45) is 0 Å². The molecular formula is C50H33NS. The van der Waals surface area contributed by atoms with E-state index in [-0.39, 0.29) is 0 Å². The molecule has 9 aromatic carbocycles. The molecule has 0 radical (unpaired) electrons. The Kier molecular flexibility index (Phi) is 7.41. The van der Waals surface area contributed by atoms with Crippen LogP contribution in [0.4, 0.5) is 17.1 Å². The van der Waals surface area contributed by atoms with Crippen LogP contribution in [0, 0.1) is 0 Å². The van der Waals surface area contributed by atoms with Crippen molar-refractivity contribution in [3.05, 3.63) is 200 Å². The fourth-order valence-corrected chi connectivity index (χ4v) is 8.67. The number of thiophene rings is 1. The van der Waals surface area contributed by atoms with E-state index in [1.54, 1.807) is 0 Å². The molecule has 0 spiro atoms. The van der Waals surface area contributed by atoms with Crippen LogP contribution in [0.1, 0.15) is 0 Å². The van der Waals surface area contributed by atoms with Crippen molar-refractivity contribution < 1.29 is 0 Å². The predicted octanol–water partition coefficient (Wildman–Crippen LogP) is 14.8. The van der Waals surface area contributed by atoms with Crippen LogP contribution in [0.2, 0.25) is 0 Å². The summed E-state index contributed by atoms with van der Waals surface area (Å²) in [6, 6.07) is 73.0. The zero-order valence-electron chi connectivity index (χ0n) is 28.4. The van der Waals surface area contributed by atoms with Gasteiger partial charge in [-0.1, -0.05) is 140 Å². The summed E-state index contributed by atoms with van der Waals surface area (Å²) in [5.41, 5.74) is 10.7. The quantitative estimate of drug-likeness (QED) is 0.169. The highest BCUT2D eigenvalue weighted by Gasteiger charge is 2.18. The van der Waals surface area contributed by atoms with Crippen molar-refractivity contribution in [1.29, 1.82) is 0 Å². The highest BCUT2D eigenvalue weighted by Crippen LogP contribution is 2.44. The molecule has 1 nitrogen and oxygen atoms in total. The lowest BCUT2D eigenvalue weighted by Crippen LogP contribution is -2.11. The molecule has 0 aliphatic carbocycles. The Balaban J connectivity index is 1.06. The van der Waals surface area contributed by atoms with Crippen LogP contribution < -0.4 is 4.90 Å². The first-order valence-corrected chi connectivity index (χ1v) is 18.6. The Morgan fingerprint density at radius 3 is 1.65 bits per heavy atom. The lowest BCUT2D eigenvalue weighted by atomic mass is 9.96. The topological polar surface area (TPSA) is 3.24 Å². The predicted molar refractivity (Wildman–Crippen MR) is 225 cm³/mol. The molecule has 244 valence electrons. The first-order chi connectivity index (χ1) is 25.7. The van der Waals surface area contributed by atoms with E-state index in [1.807, 2.05) is 11.3 Å². The summed E-state index contributed by atoms with van der Waals surface area (Å²) in [6.07, 6.45) is 0. The van der Waals surface area contributed by atoms with Gasteiger partial charge in [0.15, 0.2) is 0 Å². The summed E-state index contributed by atoms with van der Waals surface area (Å²) in [6.45, 7) is 0. The molecule has 0 amide bonds. The third kappa shape index (κ3) is 5.42. The maximum Gasteiger partial charge on any atom is 0.0540 e. The van der Waals surface area contributed by atoms with Gasteiger partial charge in [0.1, 0.15) is 0 Å². The van der Waals surface area contributed by atoms with Gasteiger partial charge in [-0.25, -0.2) is 0 Å². The molecule has 10 aromatic rings. The van der Waals surface area contributed by atoms with E-state index in [1.165, 1.54) is 75.1 Å². The molecule has 0 N–H and O–H groups in total. The molecule has 10 rings (SSSR count). The van der Waals surface area contributed by atoms with Crippen molar-refractivity contribution in [2.45, 2.75) is 0 Å². The van der Waals surface area contributed by atoms with Crippen molar-refractivity contribution in [3.63, 3.8) is 0 Å². The van der Waals surface area contributed by atoms with Gasteiger partial charge in [0.25, 0.3) is 0 Å². The van der Waals surface area contributed by atoms with Crippen LogP contribution in [-0.2, 0) is 0 Å². The van der Waals surface area contributed by atoms with E-state index in [0.717, 1.165) is 17.1 Å². The largest absolute Gasteiger partial charge is 0.310 e. The highest BCUT2D eigenvalue weighted by atomic mass is 32.1. The molecular weight excluding hydrogens is 647 g/mol. The zero-order valence-corrected chi connectivity index (χ0v) is 29.2. The van der Waals surface area contributed by atoms with Crippen LogP contribution in [0.15, 0.2) is 200 Å². The van der Waals surface area contributed by atoms with Crippen LogP contribution in [0.5, 0.6) is 0 Å². The average molecular weight is 680 g/mol. The molecule has 0 saturated heterocycles. The van der Waals surface area contributed by atoms with Gasteiger partial charge in [0, 0.05) is 37.1 Å². The Hall–Kier alpha value is -6.48. The van der Waals surface area contributed by atoms with Crippen LogP contribution in [0.3, 0.4) is 0 Å². The zero-order chi connectivity index (χ0) is 34.4. The van der Waals surface area contributed by atoms with E-state index in [0.29, 0.717) is 0 Å². The smallest absolute Gasteiger partial charge is 0.0540 e. The Morgan fingerprint density at radius 2 is 0.865 bits per heavy atom. The fourth-order valence-electron chi connectivity index (χ4n) is 7.59. The third-order valence-electron chi connectivity index (χ3n) is 10.2. The summed E-state index contributed by atoms with van der Waals surface area (Å²) in [5, 5.41) is 7.59. The Bertz CT molecular complexity index is 2900. The van der Waals surface area contributed by atoms with Crippen LogP contribution in [-0.4, -0.2) is 0 Å². The molecule has 0 bridgehead atoms. The minimum absolute atomic E-state index is 1.12. The summed E-state index contributed by atoms with van der Waals surface area (Å²) < 4.78 is 2.62. The number of nitrogens with zero attached hydrogens (tertiary/aromatic N) is 1. The molecule has 0 atom stereocenters. The third-order valence-corrected chi connectivity index (χ3v) is 11.4. The summed E-state index contributed by atoms with van der Waals surface area (Å²) in [5.74, 6) is 0. The maximum atomic E-state index is 2.41. The standard InChI is InChI=1S/C50H33NS/c1-2-11-37(12-3-1)45-14-6-8-16-48(45)51(44-28-29-50-47(33-44)46-15-7-9-17-49(46)52-50)43-26-24-35(25-27-43)39-21-19-36-20-23-41(32-42(36)31-39)40-22-18-34-10-4-5-13-38(34)30-40/h1-33H. The average Bonchev–Trinajstić information content (AvgIpc) is 3.59. The number of hydrogen-bond acceptors (Lipinski definition) is 2. The van der Waals surface area contributed by atoms with Gasteiger partial charge < -0.3 is 4.90 Å². The summed E-state index contributed by atoms with van der Waals surface area (Å²) in [7, 11) is 0. The molecule has 0 aliphatic heterocycles. The fraction of sp³-hybridized carbons (Fsp3) is 0. The second kappa shape index (κ2) is 12.7. The first-order valence-electron chi connectivity index (χ1n) is 17.7. The van der Waals surface area contributed by atoms with Crippen molar-refractivity contribution in [3.8, 4) is 33.4 Å². The second-order valence-electron chi connectivity index (χ2n) is 13.4.